The first kappa shape index (κ1) is 18.9. The number of nitrogens with one attached hydrogen (secondary N) is 1. The average molecular weight is 379 g/mol. The molecule has 4 rings (SSSR count). The van der Waals surface area contributed by atoms with Crippen LogP contribution in [0.15, 0.2) is 54.9 Å². The maximum Gasteiger partial charge on any atom is 0.225 e. The molecular weight excluding hydrogens is 348 g/mol. The minimum absolute atomic E-state index is 0.0873. The van der Waals surface area contributed by atoms with Crippen molar-refractivity contribution in [2.75, 3.05) is 31.1 Å². The zero-order valence-electron chi connectivity index (χ0n) is 16.5. The van der Waals surface area contributed by atoms with Crippen LogP contribution in [0.3, 0.4) is 0 Å². The topological polar surface area (TPSA) is 48.5 Å². The molecule has 0 spiro atoms. The lowest BCUT2D eigenvalue weighted by atomic mass is 9.95. The van der Waals surface area contributed by atoms with Gasteiger partial charge in [-0.05, 0) is 43.4 Å². The van der Waals surface area contributed by atoms with Gasteiger partial charge in [-0.15, -0.1) is 0 Å². The van der Waals surface area contributed by atoms with E-state index in [1.165, 1.54) is 11.3 Å². The van der Waals surface area contributed by atoms with Gasteiger partial charge >= 0.3 is 0 Å². The van der Waals surface area contributed by atoms with Gasteiger partial charge in [0.1, 0.15) is 0 Å². The molecule has 148 valence electrons. The molecule has 2 saturated heterocycles. The minimum atomic E-state index is 0.0873. The second-order valence-corrected chi connectivity index (χ2v) is 8.04. The van der Waals surface area contributed by atoms with Crippen LogP contribution in [-0.2, 0) is 11.3 Å². The molecule has 0 radical (unpaired) electrons. The molecule has 0 saturated carbocycles. The molecule has 2 fully saturated rings. The lowest BCUT2D eigenvalue weighted by Crippen LogP contribution is -2.49. The van der Waals surface area contributed by atoms with Crippen LogP contribution in [0.1, 0.15) is 31.2 Å². The summed E-state index contributed by atoms with van der Waals surface area (Å²) in [6.07, 6.45) is 7.78. The third kappa shape index (κ3) is 4.90. The number of rotatable bonds is 5. The van der Waals surface area contributed by atoms with Gasteiger partial charge in [0.15, 0.2) is 0 Å². The van der Waals surface area contributed by atoms with E-state index in [2.05, 4.69) is 50.4 Å². The van der Waals surface area contributed by atoms with Crippen LogP contribution < -0.4 is 10.2 Å². The first-order chi connectivity index (χ1) is 13.8. The fourth-order valence-corrected chi connectivity index (χ4v) is 4.38. The van der Waals surface area contributed by atoms with Gasteiger partial charge < -0.3 is 10.2 Å². The first-order valence-corrected chi connectivity index (χ1v) is 10.5. The third-order valence-electron chi connectivity index (χ3n) is 6.00. The van der Waals surface area contributed by atoms with Crippen molar-refractivity contribution in [3.05, 3.63) is 60.4 Å². The highest BCUT2D eigenvalue weighted by Gasteiger charge is 2.28. The number of anilines is 1. The highest BCUT2D eigenvalue weighted by atomic mass is 16.2. The van der Waals surface area contributed by atoms with Gasteiger partial charge in [0.25, 0.3) is 0 Å². The summed E-state index contributed by atoms with van der Waals surface area (Å²) in [7, 11) is 0. The molecule has 3 heterocycles. The Morgan fingerprint density at radius 2 is 1.75 bits per heavy atom. The molecule has 2 aromatic rings. The highest BCUT2D eigenvalue weighted by molar-refractivity contribution is 5.80. The van der Waals surface area contributed by atoms with E-state index in [9.17, 15) is 4.79 Å². The quantitative estimate of drug-likeness (QED) is 0.869. The Labute approximate surface area is 167 Å². The predicted octanol–water partition coefficient (Wildman–Crippen LogP) is 3.08. The van der Waals surface area contributed by atoms with E-state index in [0.29, 0.717) is 6.04 Å². The number of carbonyl (C=O) groups excluding carboxylic acids is 1. The smallest absolute Gasteiger partial charge is 0.225 e. The molecule has 1 unspecified atom stereocenters. The lowest BCUT2D eigenvalue weighted by molar-refractivity contribution is -0.126. The molecule has 5 heteroatoms. The normalized spacial score (nSPS) is 21.4. The van der Waals surface area contributed by atoms with Crippen LogP contribution in [-0.4, -0.2) is 48.0 Å². The Bertz CT molecular complexity index is 744. The van der Waals surface area contributed by atoms with Crippen molar-refractivity contribution < 1.29 is 4.79 Å². The molecular formula is C23H30N4O. The summed E-state index contributed by atoms with van der Waals surface area (Å²) in [5, 5.41) is 3.34. The standard InChI is InChI=1S/C23H30N4O/c28-23(20-7-4-14-27(18-20)22-8-12-24-13-9-22)25-21-10-15-26(16-11-21)17-19-5-2-1-3-6-19/h1-3,5-6,8-9,12-13,20-21H,4,7,10-11,14-18H2,(H,25,28). The van der Waals surface area contributed by atoms with Gasteiger partial charge in [0, 0.05) is 56.8 Å². The van der Waals surface area contributed by atoms with Crippen molar-refractivity contribution in [3.8, 4) is 0 Å². The van der Waals surface area contributed by atoms with Crippen molar-refractivity contribution >= 4 is 11.6 Å². The molecule has 2 aliphatic rings. The number of carbonyl (C=O) groups is 1. The monoisotopic (exact) mass is 378 g/mol. The number of pyridine rings is 1. The summed E-state index contributed by atoms with van der Waals surface area (Å²) >= 11 is 0. The average Bonchev–Trinajstić information content (AvgIpc) is 2.76. The van der Waals surface area contributed by atoms with Gasteiger partial charge in [-0.1, -0.05) is 30.3 Å². The number of amides is 1. The Kier molecular flexibility index (Phi) is 6.22. The van der Waals surface area contributed by atoms with E-state index < -0.39 is 0 Å². The Hall–Kier alpha value is -2.40. The van der Waals surface area contributed by atoms with Crippen LogP contribution >= 0.6 is 0 Å². The van der Waals surface area contributed by atoms with Crippen LogP contribution in [0.4, 0.5) is 5.69 Å². The van der Waals surface area contributed by atoms with Crippen molar-refractivity contribution in [2.45, 2.75) is 38.3 Å². The highest BCUT2D eigenvalue weighted by Crippen LogP contribution is 2.23. The number of piperidine rings is 2. The molecule has 5 nitrogen and oxygen atoms in total. The van der Waals surface area contributed by atoms with Gasteiger partial charge in [-0.25, -0.2) is 0 Å². The van der Waals surface area contributed by atoms with Crippen LogP contribution in [0.25, 0.3) is 0 Å². The maximum absolute atomic E-state index is 12.9. The fourth-order valence-electron chi connectivity index (χ4n) is 4.38. The molecule has 0 bridgehead atoms. The Balaban J connectivity index is 1.24. The number of aromatic nitrogens is 1. The molecule has 28 heavy (non-hydrogen) atoms. The molecule has 1 atom stereocenters. The SMILES string of the molecule is O=C(NC1CCN(Cc2ccccc2)CC1)C1CCCN(c2ccncc2)C1. The van der Waals surface area contributed by atoms with E-state index in [1.54, 1.807) is 0 Å². The summed E-state index contributed by atoms with van der Waals surface area (Å²) in [6, 6.07) is 15.0. The van der Waals surface area contributed by atoms with Crippen molar-refractivity contribution in [1.29, 1.82) is 0 Å². The van der Waals surface area contributed by atoms with Crippen LogP contribution in [0.2, 0.25) is 0 Å². The van der Waals surface area contributed by atoms with Crippen molar-refractivity contribution in [2.24, 2.45) is 5.92 Å². The fraction of sp³-hybridized carbons (Fsp3) is 0.478. The van der Waals surface area contributed by atoms with Gasteiger partial charge in [0.2, 0.25) is 5.91 Å². The predicted molar refractivity (Wildman–Crippen MR) is 112 cm³/mol. The summed E-state index contributed by atoms with van der Waals surface area (Å²) in [5.41, 5.74) is 2.53. The van der Waals surface area contributed by atoms with E-state index in [1.807, 2.05) is 24.5 Å². The number of hydrogen-bond acceptors (Lipinski definition) is 4. The second-order valence-electron chi connectivity index (χ2n) is 8.04. The molecule has 0 aliphatic carbocycles. The summed E-state index contributed by atoms with van der Waals surface area (Å²) in [4.78, 5) is 21.8. The second kappa shape index (κ2) is 9.20. The zero-order valence-corrected chi connectivity index (χ0v) is 16.5. The Morgan fingerprint density at radius 3 is 2.50 bits per heavy atom. The molecule has 2 aliphatic heterocycles. The summed E-state index contributed by atoms with van der Waals surface area (Å²) in [6.45, 7) is 4.93. The molecule has 1 aromatic heterocycles. The number of likely N-dealkylation sites (tertiary alicyclic amines) is 1. The molecule has 1 amide bonds. The van der Waals surface area contributed by atoms with Crippen molar-refractivity contribution in [3.63, 3.8) is 0 Å². The first-order valence-electron chi connectivity index (χ1n) is 10.5. The Morgan fingerprint density at radius 1 is 1.00 bits per heavy atom. The van der Waals surface area contributed by atoms with E-state index in [-0.39, 0.29) is 11.8 Å². The third-order valence-corrected chi connectivity index (χ3v) is 6.00. The maximum atomic E-state index is 12.9. The van der Waals surface area contributed by atoms with Crippen molar-refractivity contribution in [1.82, 2.24) is 15.2 Å². The van der Waals surface area contributed by atoms with Gasteiger partial charge in [-0.2, -0.15) is 0 Å². The minimum Gasteiger partial charge on any atom is -0.371 e. The van der Waals surface area contributed by atoms with Crippen LogP contribution in [0, 0.1) is 5.92 Å². The molecule has 1 aromatic carbocycles. The van der Waals surface area contributed by atoms with Crippen LogP contribution in [0.5, 0.6) is 0 Å². The lowest BCUT2D eigenvalue weighted by Gasteiger charge is -2.36. The number of nitrogens with zero attached hydrogens (tertiary/aromatic N) is 3. The number of benzene rings is 1. The van der Waals surface area contributed by atoms with E-state index in [4.69, 9.17) is 0 Å². The molecule has 1 N–H and O–H groups in total. The van der Waals surface area contributed by atoms with Gasteiger partial charge in [-0.3, -0.25) is 14.7 Å². The number of hydrogen-bond donors (Lipinski definition) is 1. The van der Waals surface area contributed by atoms with Gasteiger partial charge in [0.05, 0.1) is 5.92 Å². The van der Waals surface area contributed by atoms with E-state index in [0.717, 1.165) is 58.4 Å². The summed E-state index contributed by atoms with van der Waals surface area (Å²) < 4.78 is 0. The summed E-state index contributed by atoms with van der Waals surface area (Å²) in [5.74, 6) is 0.324. The zero-order chi connectivity index (χ0) is 19.2. The van der Waals surface area contributed by atoms with E-state index >= 15 is 0 Å². The largest absolute Gasteiger partial charge is 0.371 e.